The Balaban J connectivity index is 1.41. The van der Waals surface area contributed by atoms with E-state index in [9.17, 15) is 22.8 Å². The lowest BCUT2D eigenvalue weighted by Crippen LogP contribution is -2.33. The number of ether oxygens (including phenoxy) is 2. The second-order valence-electron chi connectivity index (χ2n) is 11.8. The number of aryl methyl sites for hydroxylation is 1. The van der Waals surface area contributed by atoms with Crippen LogP contribution in [0.2, 0.25) is 0 Å². The van der Waals surface area contributed by atoms with E-state index in [1.807, 2.05) is 12.4 Å². The molecule has 0 aliphatic heterocycles. The van der Waals surface area contributed by atoms with Crippen molar-refractivity contribution in [1.82, 2.24) is 9.97 Å². The third kappa shape index (κ3) is 12.9. The van der Waals surface area contributed by atoms with Crippen LogP contribution in [-0.4, -0.2) is 34.2 Å². The molecule has 0 amide bonds. The summed E-state index contributed by atoms with van der Waals surface area (Å²) in [6, 6.07) is 11.9. The van der Waals surface area contributed by atoms with Gasteiger partial charge in [0.1, 0.15) is 5.75 Å². The molecule has 6 nitrogen and oxygen atoms in total. The van der Waals surface area contributed by atoms with Gasteiger partial charge in [0.2, 0.25) is 0 Å². The van der Waals surface area contributed by atoms with Gasteiger partial charge in [-0.25, -0.2) is 19.6 Å². The van der Waals surface area contributed by atoms with E-state index in [-0.39, 0.29) is 24.2 Å². The lowest BCUT2D eigenvalue weighted by atomic mass is 10.0. The molecule has 2 aromatic carbocycles. The van der Waals surface area contributed by atoms with Crippen molar-refractivity contribution < 1.29 is 32.2 Å². The normalized spacial score (nSPS) is 12.1. The van der Waals surface area contributed by atoms with Crippen LogP contribution in [0.5, 0.6) is 5.75 Å². The van der Waals surface area contributed by atoms with Crippen LogP contribution < -0.4 is 4.74 Å². The average molecular weight is 641 g/mol. The third-order valence-electron chi connectivity index (χ3n) is 7.89. The number of alkyl halides is 3. The lowest BCUT2D eigenvalue weighted by Gasteiger charge is -2.20. The number of aromatic nitrogens is 2. The highest BCUT2D eigenvalue weighted by atomic mass is 19.4. The van der Waals surface area contributed by atoms with E-state index in [0.717, 1.165) is 24.0 Å². The topological polar surface area (TPSA) is 78.4 Å². The van der Waals surface area contributed by atoms with Crippen LogP contribution in [0.15, 0.2) is 60.9 Å². The third-order valence-corrected chi connectivity index (χ3v) is 7.89. The molecule has 9 heteroatoms. The Morgan fingerprint density at radius 3 is 1.72 bits per heavy atom. The largest absolute Gasteiger partial charge is 0.449 e. The number of halogens is 3. The fraction of sp³-hybridized carbons (Fsp3) is 0.514. The summed E-state index contributed by atoms with van der Waals surface area (Å²) in [5.41, 5.74) is 2.09. The summed E-state index contributed by atoms with van der Waals surface area (Å²) in [7, 11) is 0. The molecule has 3 rings (SSSR count). The van der Waals surface area contributed by atoms with Crippen LogP contribution in [0.4, 0.5) is 13.2 Å². The second-order valence-corrected chi connectivity index (χ2v) is 11.8. The minimum atomic E-state index is -4.64. The Labute approximate surface area is 271 Å². The smallest absolute Gasteiger partial charge is 0.425 e. The van der Waals surface area contributed by atoms with Gasteiger partial charge in [-0.05, 0) is 67.6 Å². The summed E-state index contributed by atoms with van der Waals surface area (Å²) < 4.78 is 49.7. The number of hydrogen-bond donors (Lipinski definition) is 0. The first-order valence-electron chi connectivity index (χ1n) is 16.7. The highest BCUT2D eigenvalue weighted by molar-refractivity contribution is 5.92. The van der Waals surface area contributed by atoms with Crippen LogP contribution in [0.1, 0.15) is 130 Å². The first kappa shape index (κ1) is 36.7. The molecule has 0 N–H and O–H groups in total. The molecule has 1 heterocycles. The summed E-state index contributed by atoms with van der Waals surface area (Å²) in [6.45, 7) is 4.01. The highest BCUT2D eigenvalue weighted by Gasteiger charge is 2.42. The summed E-state index contributed by atoms with van der Waals surface area (Å²) >= 11 is 0. The van der Waals surface area contributed by atoms with Crippen LogP contribution in [0.3, 0.4) is 0 Å². The molecule has 0 saturated heterocycles. The summed E-state index contributed by atoms with van der Waals surface area (Å²) in [5, 5.41) is 0. The molecule has 46 heavy (non-hydrogen) atoms. The van der Waals surface area contributed by atoms with Gasteiger partial charge in [0.25, 0.3) is 0 Å². The number of carbonyl (C=O) groups excluding carboxylic acids is 2. The molecule has 1 aromatic heterocycles. The maximum Gasteiger partial charge on any atom is 0.425 e. The van der Waals surface area contributed by atoms with Gasteiger partial charge in [-0.15, -0.1) is 0 Å². The second kappa shape index (κ2) is 19.7. The zero-order valence-corrected chi connectivity index (χ0v) is 27.1. The Kier molecular flexibility index (Phi) is 15.7. The Morgan fingerprint density at radius 1 is 0.674 bits per heavy atom. The van der Waals surface area contributed by atoms with Gasteiger partial charge < -0.3 is 9.47 Å². The van der Waals surface area contributed by atoms with E-state index in [1.54, 1.807) is 31.2 Å². The van der Waals surface area contributed by atoms with Gasteiger partial charge in [-0.2, -0.15) is 13.2 Å². The van der Waals surface area contributed by atoms with Crippen molar-refractivity contribution >= 4 is 11.9 Å². The number of hydrogen-bond acceptors (Lipinski definition) is 6. The monoisotopic (exact) mass is 640 g/mol. The zero-order chi connectivity index (χ0) is 33.2. The van der Waals surface area contributed by atoms with Crippen molar-refractivity contribution in [2.45, 2.75) is 122 Å². The number of carbonyl (C=O) groups is 2. The van der Waals surface area contributed by atoms with Crippen LogP contribution in [0.25, 0.3) is 11.4 Å². The molecule has 0 saturated carbocycles. The van der Waals surface area contributed by atoms with Gasteiger partial charge in [0.15, 0.2) is 11.9 Å². The molecule has 1 atom stereocenters. The minimum Gasteiger partial charge on any atom is -0.449 e. The predicted octanol–water partition coefficient (Wildman–Crippen LogP) is 10.5. The zero-order valence-electron chi connectivity index (χ0n) is 27.1. The molecule has 250 valence electrons. The molecule has 0 aliphatic carbocycles. The van der Waals surface area contributed by atoms with Crippen LogP contribution in [0, 0.1) is 0 Å². The number of nitrogens with zero attached hydrogens (tertiary/aromatic N) is 2. The lowest BCUT2D eigenvalue weighted by molar-refractivity contribution is -0.206. The van der Waals surface area contributed by atoms with E-state index in [0.29, 0.717) is 17.8 Å². The van der Waals surface area contributed by atoms with Crippen LogP contribution >= 0.6 is 0 Å². The van der Waals surface area contributed by atoms with Crippen molar-refractivity contribution in [3.8, 4) is 17.1 Å². The van der Waals surface area contributed by atoms with Gasteiger partial charge in [0.05, 0.1) is 11.1 Å². The molecule has 0 spiro atoms. The van der Waals surface area contributed by atoms with E-state index in [2.05, 4.69) is 16.9 Å². The average Bonchev–Trinajstić information content (AvgIpc) is 3.05. The van der Waals surface area contributed by atoms with E-state index < -0.39 is 24.2 Å². The first-order chi connectivity index (χ1) is 22.2. The number of esters is 2. The van der Waals surface area contributed by atoms with E-state index >= 15 is 0 Å². The minimum absolute atomic E-state index is 0.0697. The molecule has 0 radical (unpaired) electrons. The Hall–Kier alpha value is -3.75. The van der Waals surface area contributed by atoms with Gasteiger partial charge in [-0.3, -0.25) is 0 Å². The Bertz CT molecular complexity index is 1310. The van der Waals surface area contributed by atoms with Crippen molar-refractivity contribution in [3.63, 3.8) is 0 Å². The summed E-state index contributed by atoms with van der Waals surface area (Å²) in [6.07, 6.45) is 12.8. The molecular formula is C37H47F3N2O4. The number of unbranched alkanes of at least 4 members (excludes halogenated alkanes) is 11. The van der Waals surface area contributed by atoms with Gasteiger partial charge in [0, 0.05) is 18.0 Å². The standard InChI is InChI=1S/C37H47F3N2O4/c1-3-5-7-8-9-10-11-12-13-14-15-16-28-26-41-34(42-27-28)29-18-20-30(21-19-29)35(43)45-32-24-22-31(23-25-32)36(44)46-33(17-6-4-2)37(38,39)40/h18-27,33H,3-17H2,1-2H3/t33-/m0/s1. The molecule has 0 aliphatic rings. The molecule has 0 fully saturated rings. The van der Waals surface area contributed by atoms with Crippen molar-refractivity contribution in [2.24, 2.45) is 0 Å². The summed E-state index contributed by atoms with van der Waals surface area (Å²) in [5.74, 6) is -1.01. The fourth-order valence-corrected chi connectivity index (χ4v) is 5.08. The maximum absolute atomic E-state index is 13.2. The number of rotatable bonds is 20. The molecule has 0 bridgehead atoms. The molecular weight excluding hydrogens is 593 g/mol. The highest BCUT2D eigenvalue weighted by Crippen LogP contribution is 2.28. The number of benzene rings is 2. The quantitative estimate of drug-likeness (QED) is 0.0695. The van der Waals surface area contributed by atoms with E-state index in [1.165, 1.54) is 88.5 Å². The first-order valence-corrected chi connectivity index (χ1v) is 16.7. The van der Waals surface area contributed by atoms with Crippen LogP contribution in [-0.2, 0) is 11.2 Å². The SMILES string of the molecule is CCCCCCCCCCCCCc1cnc(-c2ccc(C(=O)Oc3ccc(C(=O)O[C@@H](CCCC)C(F)(F)F)cc3)cc2)nc1. The summed E-state index contributed by atoms with van der Waals surface area (Å²) in [4.78, 5) is 33.9. The van der Waals surface area contributed by atoms with Crippen molar-refractivity contribution in [3.05, 3.63) is 77.6 Å². The maximum atomic E-state index is 13.2. The molecule has 0 unspecified atom stereocenters. The predicted molar refractivity (Wildman–Crippen MR) is 174 cm³/mol. The fourth-order valence-electron chi connectivity index (χ4n) is 5.08. The van der Waals surface area contributed by atoms with E-state index in [4.69, 9.17) is 9.47 Å². The van der Waals surface area contributed by atoms with Gasteiger partial charge >= 0.3 is 18.1 Å². The van der Waals surface area contributed by atoms with Crippen molar-refractivity contribution in [1.29, 1.82) is 0 Å². The van der Waals surface area contributed by atoms with Gasteiger partial charge in [-0.1, -0.05) is 96.6 Å². The van der Waals surface area contributed by atoms with Crippen molar-refractivity contribution in [2.75, 3.05) is 0 Å². The Morgan fingerprint density at radius 2 is 1.17 bits per heavy atom. The molecule has 3 aromatic rings.